The Hall–Kier alpha value is -1.07. The predicted molar refractivity (Wildman–Crippen MR) is 54.3 cm³/mol. The van der Waals surface area contributed by atoms with Crippen molar-refractivity contribution in [3.63, 3.8) is 0 Å². The number of alkyl carbamates (subject to hydrolysis) is 1. The predicted octanol–water partition coefficient (Wildman–Crippen LogP) is 1.53. The van der Waals surface area contributed by atoms with Crippen molar-refractivity contribution < 1.29 is 14.6 Å². The van der Waals surface area contributed by atoms with Gasteiger partial charge in [-0.2, -0.15) is 0 Å². The van der Waals surface area contributed by atoms with Crippen LogP contribution in [-0.2, 0) is 4.74 Å². The van der Waals surface area contributed by atoms with Crippen molar-refractivity contribution in [2.45, 2.75) is 12.5 Å². The second kappa shape index (κ2) is 5.62. The summed E-state index contributed by atoms with van der Waals surface area (Å²) in [5.41, 5.74) is 0. The lowest BCUT2D eigenvalue weighted by Gasteiger charge is -2.08. The molecule has 78 valence electrons. The van der Waals surface area contributed by atoms with E-state index >= 15 is 0 Å². The number of carbonyl (C=O) groups is 1. The summed E-state index contributed by atoms with van der Waals surface area (Å²) in [4.78, 5) is 11.6. The van der Waals surface area contributed by atoms with E-state index in [2.05, 4.69) is 5.32 Å². The van der Waals surface area contributed by atoms with Gasteiger partial charge in [0.25, 0.3) is 0 Å². The Morgan fingerprint density at radius 1 is 1.79 bits per heavy atom. The SMILES string of the molecule is CNC(=O)OCCC(O)c1cccs1. The Bertz CT molecular complexity index is 274. The van der Waals surface area contributed by atoms with Crippen LogP contribution >= 0.6 is 11.3 Å². The number of ether oxygens (including phenoxy) is 1. The van der Waals surface area contributed by atoms with E-state index in [9.17, 15) is 9.90 Å². The Labute approximate surface area is 86.5 Å². The fourth-order valence-electron chi connectivity index (χ4n) is 0.959. The zero-order valence-corrected chi connectivity index (χ0v) is 8.71. The summed E-state index contributed by atoms with van der Waals surface area (Å²) in [7, 11) is 1.50. The minimum atomic E-state index is -0.542. The van der Waals surface area contributed by atoms with E-state index in [-0.39, 0.29) is 6.61 Å². The molecule has 0 saturated carbocycles. The van der Waals surface area contributed by atoms with E-state index in [0.717, 1.165) is 4.88 Å². The van der Waals surface area contributed by atoms with E-state index in [4.69, 9.17) is 4.74 Å². The zero-order valence-electron chi connectivity index (χ0n) is 7.90. The fourth-order valence-corrected chi connectivity index (χ4v) is 1.70. The number of nitrogens with one attached hydrogen (secondary N) is 1. The van der Waals surface area contributed by atoms with Gasteiger partial charge >= 0.3 is 6.09 Å². The Balaban J connectivity index is 2.22. The molecule has 0 fully saturated rings. The number of carbonyl (C=O) groups excluding carboxylic acids is 1. The molecular weight excluding hydrogens is 202 g/mol. The minimum absolute atomic E-state index is 0.221. The van der Waals surface area contributed by atoms with Gasteiger partial charge in [-0.15, -0.1) is 11.3 Å². The maximum atomic E-state index is 10.7. The van der Waals surface area contributed by atoms with Crippen molar-refractivity contribution in [3.8, 4) is 0 Å². The molecule has 0 saturated heterocycles. The first-order chi connectivity index (χ1) is 6.74. The highest BCUT2D eigenvalue weighted by Crippen LogP contribution is 2.21. The summed E-state index contributed by atoms with van der Waals surface area (Å²) in [6.07, 6.45) is -0.587. The second-order valence-electron chi connectivity index (χ2n) is 2.71. The van der Waals surface area contributed by atoms with Gasteiger partial charge < -0.3 is 15.2 Å². The highest BCUT2D eigenvalue weighted by Gasteiger charge is 2.09. The van der Waals surface area contributed by atoms with Crippen LogP contribution in [0.1, 0.15) is 17.4 Å². The first-order valence-electron chi connectivity index (χ1n) is 4.30. The van der Waals surface area contributed by atoms with Crippen LogP contribution in [0.2, 0.25) is 0 Å². The van der Waals surface area contributed by atoms with Crippen molar-refractivity contribution in [2.75, 3.05) is 13.7 Å². The van der Waals surface area contributed by atoms with Crippen LogP contribution in [0.25, 0.3) is 0 Å². The number of hydrogen-bond acceptors (Lipinski definition) is 4. The monoisotopic (exact) mass is 215 g/mol. The molecule has 0 aromatic carbocycles. The van der Waals surface area contributed by atoms with Crippen molar-refractivity contribution in [1.29, 1.82) is 0 Å². The van der Waals surface area contributed by atoms with Crippen LogP contribution < -0.4 is 5.32 Å². The van der Waals surface area contributed by atoms with Gasteiger partial charge in [-0.1, -0.05) is 6.07 Å². The van der Waals surface area contributed by atoms with E-state index < -0.39 is 12.2 Å². The van der Waals surface area contributed by atoms with Crippen LogP contribution in [0.3, 0.4) is 0 Å². The third kappa shape index (κ3) is 3.35. The van der Waals surface area contributed by atoms with Gasteiger partial charge in [0.05, 0.1) is 12.7 Å². The van der Waals surface area contributed by atoms with Crippen LogP contribution in [0, 0.1) is 0 Å². The fraction of sp³-hybridized carbons (Fsp3) is 0.444. The number of thiophene rings is 1. The van der Waals surface area contributed by atoms with Gasteiger partial charge in [0.1, 0.15) is 0 Å². The molecule has 2 N–H and O–H groups in total. The standard InChI is InChI=1S/C9H13NO3S/c1-10-9(12)13-5-4-7(11)8-3-2-6-14-8/h2-3,6-7,11H,4-5H2,1H3,(H,10,12). The molecule has 0 aliphatic heterocycles. The van der Waals surface area contributed by atoms with Gasteiger partial charge in [0, 0.05) is 18.3 Å². The summed E-state index contributed by atoms with van der Waals surface area (Å²) < 4.78 is 4.75. The lowest BCUT2D eigenvalue weighted by atomic mass is 10.2. The summed E-state index contributed by atoms with van der Waals surface area (Å²) in [5, 5.41) is 13.8. The van der Waals surface area contributed by atoms with Gasteiger partial charge in [-0.05, 0) is 11.4 Å². The molecule has 1 rings (SSSR count). The van der Waals surface area contributed by atoms with Crippen LogP contribution in [0.5, 0.6) is 0 Å². The maximum absolute atomic E-state index is 10.7. The molecule has 1 heterocycles. The molecule has 1 amide bonds. The smallest absolute Gasteiger partial charge is 0.406 e. The summed E-state index contributed by atoms with van der Waals surface area (Å²) in [6, 6.07) is 3.73. The van der Waals surface area contributed by atoms with Gasteiger partial charge in [0.2, 0.25) is 0 Å². The molecule has 1 aromatic rings. The average molecular weight is 215 g/mol. The quantitative estimate of drug-likeness (QED) is 0.800. The molecule has 0 radical (unpaired) electrons. The third-order valence-electron chi connectivity index (χ3n) is 1.70. The molecule has 0 aliphatic carbocycles. The third-order valence-corrected chi connectivity index (χ3v) is 2.67. The van der Waals surface area contributed by atoms with E-state index in [1.165, 1.54) is 18.4 Å². The number of amides is 1. The topological polar surface area (TPSA) is 58.6 Å². The second-order valence-corrected chi connectivity index (χ2v) is 3.69. The summed E-state index contributed by atoms with van der Waals surface area (Å²) in [6.45, 7) is 0.221. The molecule has 4 nitrogen and oxygen atoms in total. The molecule has 1 unspecified atom stereocenters. The molecule has 1 atom stereocenters. The summed E-state index contributed by atoms with van der Waals surface area (Å²) >= 11 is 1.49. The van der Waals surface area contributed by atoms with Gasteiger partial charge in [0.15, 0.2) is 0 Å². The highest BCUT2D eigenvalue weighted by atomic mass is 32.1. The molecule has 0 spiro atoms. The lowest BCUT2D eigenvalue weighted by molar-refractivity contribution is 0.108. The van der Waals surface area contributed by atoms with Crippen molar-refractivity contribution in [3.05, 3.63) is 22.4 Å². The average Bonchev–Trinajstić information content (AvgIpc) is 2.70. The first kappa shape index (κ1) is 11.0. The molecule has 0 bridgehead atoms. The van der Waals surface area contributed by atoms with Crippen LogP contribution in [-0.4, -0.2) is 24.9 Å². The number of rotatable bonds is 4. The first-order valence-corrected chi connectivity index (χ1v) is 5.18. The van der Waals surface area contributed by atoms with E-state index in [0.29, 0.717) is 6.42 Å². The normalized spacial score (nSPS) is 12.1. The van der Waals surface area contributed by atoms with Crippen molar-refractivity contribution >= 4 is 17.4 Å². The van der Waals surface area contributed by atoms with E-state index in [1.54, 1.807) is 0 Å². The Kier molecular flexibility index (Phi) is 4.42. The lowest BCUT2D eigenvalue weighted by Crippen LogP contribution is -2.20. The number of aliphatic hydroxyl groups excluding tert-OH is 1. The molecule has 0 aliphatic rings. The van der Waals surface area contributed by atoms with Gasteiger partial charge in [-0.25, -0.2) is 4.79 Å². The molecule has 14 heavy (non-hydrogen) atoms. The van der Waals surface area contributed by atoms with Crippen molar-refractivity contribution in [1.82, 2.24) is 5.32 Å². The zero-order chi connectivity index (χ0) is 10.4. The molecule has 1 aromatic heterocycles. The maximum Gasteiger partial charge on any atom is 0.406 e. The number of aliphatic hydroxyl groups is 1. The van der Waals surface area contributed by atoms with Crippen LogP contribution in [0.4, 0.5) is 4.79 Å². The number of hydrogen-bond donors (Lipinski definition) is 2. The van der Waals surface area contributed by atoms with Gasteiger partial charge in [-0.3, -0.25) is 0 Å². The largest absolute Gasteiger partial charge is 0.449 e. The Morgan fingerprint density at radius 3 is 3.14 bits per heavy atom. The highest BCUT2D eigenvalue weighted by molar-refractivity contribution is 7.10. The molecular formula is C9H13NO3S. The minimum Gasteiger partial charge on any atom is -0.449 e. The summed E-state index contributed by atoms with van der Waals surface area (Å²) in [5.74, 6) is 0. The van der Waals surface area contributed by atoms with Crippen molar-refractivity contribution in [2.24, 2.45) is 0 Å². The Morgan fingerprint density at radius 2 is 2.57 bits per heavy atom. The van der Waals surface area contributed by atoms with E-state index in [1.807, 2.05) is 17.5 Å². The molecule has 5 heteroatoms. The van der Waals surface area contributed by atoms with Crippen LogP contribution in [0.15, 0.2) is 17.5 Å².